The first-order valence-corrected chi connectivity index (χ1v) is 9.42. The average molecular weight is 544 g/mol. The minimum atomic E-state index is -4.39. The molecule has 0 aliphatic heterocycles. The fourth-order valence-electron chi connectivity index (χ4n) is 2.99. The molecule has 0 spiro atoms. The number of nitrogens with one attached hydrogen (secondary N) is 2. The molecule has 3 rings (SSSR count). The summed E-state index contributed by atoms with van der Waals surface area (Å²) in [5, 5.41) is 7.39. The third kappa shape index (κ3) is 7.27. The maximum Gasteiger partial charge on any atom is 0.422 e. The molecule has 1 aromatic heterocycles. The summed E-state index contributed by atoms with van der Waals surface area (Å²) in [4.78, 5) is 8.54. The normalized spacial score (nSPS) is 11.7. The first kappa shape index (κ1) is 24.7. The third-order valence-electron chi connectivity index (χ3n) is 4.47. The summed E-state index contributed by atoms with van der Waals surface area (Å²) in [5.74, 6) is 0.730. The lowest BCUT2D eigenvalue weighted by atomic mass is 10.1. The van der Waals surface area contributed by atoms with Crippen LogP contribution in [0, 0.1) is 6.92 Å². The van der Waals surface area contributed by atoms with Gasteiger partial charge in [-0.15, -0.1) is 24.0 Å². The average Bonchev–Trinajstić information content (AvgIpc) is 2.73. The Morgan fingerprint density at radius 3 is 2.45 bits per heavy atom. The summed E-state index contributed by atoms with van der Waals surface area (Å²) < 4.78 is 42.6. The molecule has 2 aromatic carbocycles. The summed E-state index contributed by atoms with van der Waals surface area (Å²) in [5.41, 5.74) is 3.41. The Morgan fingerprint density at radius 2 is 1.74 bits per heavy atom. The molecule has 0 bridgehead atoms. The Balaban J connectivity index is 0.00000341. The topological polar surface area (TPSA) is 58.5 Å². The van der Waals surface area contributed by atoms with E-state index in [0.29, 0.717) is 18.1 Å². The SMILES string of the molecule is CN=C(NCc1ccc(C)cc1OCC(F)(F)F)NCc1ccnc2ccccc12.I. The molecular weight excluding hydrogens is 520 g/mol. The predicted octanol–water partition coefficient (Wildman–Crippen LogP) is 4.97. The van der Waals surface area contributed by atoms with E-state index in [1.165, 1.54) is 0 Å². The number of para-hydroxylation sites is 1. The van der Waals surface area contributed by atoms with Gasteiger partial charge in [-0.3, -0.25) is 9.98 Å². The van der Waals surface area contributed by atoms with Crippen LogP contribution in [0.2, 0.25) is 0 Å². The first-order chi connectivity index (χ1) is 14.4. The van der Waals surface area contributed by atoms with Gasteiger partial charge in [0.15, 0.2) is 12.6 Å². The number of aliphatic imine (C=N–C) groups is 1. The molecule has 0 amide bonds. The van der Waals surface area contributed by atoms with Crippen molar-refractivity contribution < 1.29 is 17.9 Å². The molecule has 3 aromatic rings. The van der Waals surface area contributed by atoms with Crippen LogP contribution in [-0.2, 0) is 13.1 Å². The molecule has 2 N–H and O–H groups in total. The van der Waals surface area contributed by atoms with Crippen molar-refractivity contribution in [2.45, 2.75) is 26.2 Å². The quantitative estimate of drug-likeness (QED) is 0.262. The molecule has 166 valence electrons. The van der Waals surface area contributed by atoms with Crippen molar-refractivity contribution in [2.75, 3.05) is 13.7 Å². The number of benzene rings is 2. The van der Waals surface area contributed by atoms with Gasteiger partial charge >= 0.3 is 6.18 Å². The number of nitrogens with zero attached hydrogens (tertiary/aromatic N) is 2. The number of pyridine rings is 1. The highest BCUT2D eigenvalue weighted by Crippen LogP contribution is 2.23. The largest absolute Gasteiger partial charge is 0.484 e. The van der Waals surface area contributed by atoms with E-state index in [-0.39, 0.29) is 36.3 Å². The molecule has 0 aliphatic carbocycles. The van der Waals surface area contributed by atoms with Crippen LogP contribution in [0.4, 0.5) is 13.2 Å². The molecule has 1 heterocycles. The monoisotopic (exact) mass is 544 g/mol. The van der Waals surface area contributed by atoms with Crippen LogP contribution in [0.15, 0.2) is 59.7 Å². The lowest BCUT2D eigenvalue weighted by Crippen LogP contribution is -2.36. The van der Waals surface area contributed by atoms with Gasteiger partial charge in [0.1, 0.15) is 5.75 Å². The number of ether oxygens (including phenoxy) is 1. The van der Waals surface area contributed by atoms with Crippen molar-refractivity contribution in [1.82, 2.24) is 15.6 Å². The minimum absolute atomic E-state index is 0. The zero-order valence-electron chi connectivity index (χ0n) is 17.2. The Kier molecular flexibility index (Phi) is 8.90. The minimum Gasteiger partial charge on any atom is -0.484 e. The van der Waals surface area contributed by atoms with E-state index in [1.54, 1.807) is 32.3 Å². The number of hydrogen-bond donors (Lipinski definition) is 2. The second-order valence-corrected chi connectivity index (χ2v) is 6.78. The van der Waals surface area contributed by atoms with Crippen molar-refractivity contribution >= 4 is 40.8 Å². The van der Waals surface area contributed by atoms with E-state index in [2.05, 4.69) is 20.6 Å². The third-order valence-corrected chi connectivity index (χ3v) is 4.47. The summed E-state index contributed by atoms with van der Waals surface area (Å²) in [6.45, 7) is 1.26. The van der Waals surface area contributed by atoms with Gasteiger partial charge in [0.2, 0.25) is 0 Å². The Labute approximate surface area is 196 Å². The van der Waals surface area contributed by atoms with Gasteiger partial charge in [0.25, 0.3) is 0 Å². The molecule has 0 unspecified atom stereocenters. The lowest BCUT2D eigenvalue weighted by molar-refractivity contribution is -0.153. The number of aryl methyl sites for hydroxylation is 1. The molecule has 31 heavy (non-hydrogen) atoms. The lowest BCUT2D eigenvalue weighted by Gasteiger charge is -2.16. The van der Waals surface area contributed by atoms with Crippen molar-refractivity contribution in [3.63, 3.8) is 0 Å². The second kappa shape index (κ2) is 11.2. The summed E-state index contributed by atoms with van der Waals surface area (Å²) in [6, 6.07) is 15.0. The van der Waals surface area contributed by atoms with Gasteiger partial charge in [-0.05, 0) is 36.2 Å². The van der Waals surface area contributed by atoms with E-state index in [4.69, 9.17) is 4.74 Å². The molecule has 0 atom stereocenters. The van der Waals surface area contributed by atoms with Gasteiger partial charge in [-0.1, -0.05) is 30.3 Å². The number of aromatic nitrogens is 1. The highest BCUT2D eigenvalue weighted by molar-refractivity contribution is 14.0. The predicted molar refractivity (Wildman–Crippen MR) is 127 cm³/mol. The molecule has 5 nitrogen and oxygen atoms in total. The molecule has 0 saturated heterocycles. The van der Waals surface area contributed by atoms with Gasteiger partial charge < -0.3 is 15.4 Å². The van der Waals surface area contributed by atoms with Crippen LogP contribution in [0.3, 0.4) is 0 Å². The number of rotatable bonds is 6. The number of hydrogen-bond acceptors (Lipinski definition) is 3. The van der Waals surface area contributed by atoms with Gasteiger partial charge in [-0.25, -0.2) is 0 Å². The van der Waals surface area contributed by atoms with Gasteiger partial charge in [-0.2, -0.15) is 13.2 Å². The Morgan fingerprint density at radius 1 is 1.03 bits per heavy atom. The van der Waals surface area contributed by atoms with Crippen molar-refractivity contribution in [2.24, 2.45) is 4.99 Å². The maximum atomic E-state index is 12.5. The van der Waals surface area contributed by atoms with E-state index in [9.17, 15) is 13.2 Å². The summed E-state index contributed by atoms with van der Waals surface area (Å²) in [7, 11) is 1.64. The van der Waals surface area contributed by atoms with E-state index in [1.807, 2.05) is 36.4 Å². The molecular formula is C22H24F3IN4O. The molecule has 0 fully saturated rings. The van der Waals surface area contributed by atoms with E-state index >= 15 is 0 Å². The Bertz CT molecular complexity index is 1040. The number of alkyl halides is 3. The van der Waals surface area contributed by atoms with Crippen LogP contribution < -0.4 is 15.4 Å². The highest BCUT2D eigenvalue weighted by Gasteiger charge is 2.28. The first-order valence-electron chi connectivity index (χ1n) is 9.42. The smallest absolute Gasteiger partial charge is 0.422 e. The van der Waals surface area contributed by atoms with Gasteiger partial charge in [0, 0.05) is 37.3 Å². The molecule has 9 heteroatoms. The number of halogens is 4. The zero-order valence-corrected chi connectivity index (χ0v) is 19.5. The van der Waals surface area contributed by atoms with Crippen LogP contribution in [0.1, 0.15) is 16.7 Å². The zero-order chi connectivity index (χ0) is 21.6. The molecule has 0 radical (unpaired) electrons. The second-order valence-electron chi connectivity index (χ2n) is 6.78. The number of guanidine groups is 1. The summed E-state index contributed by atoms with van der Waals surface area (Å²) in [6.07, 6.45) is -2.63. The molecule has 0 saturated carbocycles. The van der Waals surface area contributed by atoms with Crippen molar-refractivity contribution in [1.29, 1.82) is 0 Å². The van der Waals surface area contributed by atoms with Crippen LogP contribution >= 0.6 is 24.0 Å². The standard InChI is InChI=1S/C22H23F3N4O.HI/c1-15-7-8-17(20(11-15)30-14-22(23,24)25)13-29-21(26-2)28-12-16-9-10-27-19-6-4-3-5-18(16)19;/h3-11H,12-14H2,1-2H3,(H2,26,28,29);1H. The summed E-state index contributed by atoms with van der Waals surface area (Å²) >= 11 is 0. The van der Waals surface area contributed by atoms with Crippen LogP contribution in [0.5, 0.6) is 5.75 Å². The van der Waals surface area contributed by atoms with Crippen LogP contribution in [0.25, 0.3) is 10.9 Å². The fraction of sp³-hybridized carbons (Fsp3) is 0.273. The Hall–Kier alpha value is -2.56. The van der Waals surface area contributed by atoms with E-state index in [0.717, 1.165) is 22.0 Å². The molecule has 0 aliphatic rings. The highest BCUT2D eigenvalue weighted by atomic mass is 127. The maximum absolute atomic E-state index is 12.5. The van der Waals surface area contributed by atoms with E-state index < -0.39 is 12.8 Å². The van der Waals surface area contributed by atoms with Gasteiger partial charge in [0.05, 0.1) is 5.52 Å². The number of fused-ring (bicyclic) bond motifs is 1. The van der Waals surface area contributed by atoms with Crippen molar-refractivity contribution in [3.05, 3.63) is 71.4 Å². The fourth-order valence-corrected chi connectivity index (χ4v) is 2.99. The van der Waals surface area contributed by atoms with Crippen molar-refractivity contribution in [3.8, 4) is 5.75 Å². The van der Waals surface area contributed by atoms with Crippen LogP contribution in [-0.4, -0.2) is 30.8 Å².